The van der Waals surface area contributed by atoms with Gasteiger partial charge in [-0.2, -0.15) is 4.99 Å². The predicted octanol–water partition coefficient (Wildman–Crippen LogP) is 2.27. The maximum atomic E-state index is 11.8. The second kappa shape index (κ2) is 3.39. The molecule has 0 unspecified atom stereocenters. The number of carbonyl (C=O) groups is 1. The van der Waals surface area contributed by atoms with Crippen molar-refractivity contribution in [2.75, 3.05) is 0 Å². The highest BCUT2D eigenvalue weighted by atomic mass is 16.1. The van der Waals surface area contributed by atoms with Crippen LogP contribution in [0.2, 0.25) is 0 Å². The second-order valence-corrected chi connectivity index (χ2v) is 4.38. The molecule has 0 spiro atoms. The molecule has 0 bridgehead atoms. The van der Waals surface area contributed by atoms with E-state index >= 15 is 0 Å². The minimum Gasteiger partial charge on any atom is -0.294 e. The lowest BCUT2D eigenvalue weighted by Crippen LogP contribution is -1.96. The van der Waals surface area contributed by atoms with Gasteiger partial charge in [0.05, 0.1) is 5.69 Å². The lowest BCUT2D eigenvalue weighted by atomic mass is 9.99. The quantitative estimate of drug-likeness (QED) is 0.530. The van der Waals surface area contributed by atoms with Gasteiger partial charge in [-0.3, -0.25) is 4.79 Å². The van der Waals surface area contributed by atoms with Gasteiger partial charge in [-0.25, -0.2) is 4.79 Å². The van der Waals surface area contributed by atoms with E-state index in [0.29, 0.717) is 17.7 Å². The van der Waals surface area contributed by atoms with Crippen LogP contribution in [0.15, 0.2) is 11.1 Å². The molecule has 0 amide bonds. The van der Waals surface area contributed by atoms with E-state index < -0.39 is 0 Å². The summed E-state index contributed by atoms with van der Waals surface area (Å²) in [6.07, 6.45) is 5.99. The van der Waals surface area contributed by atoms with Crippen LogP contribution in [-0.4, -0.2) is 11.9 Å². The SMILES string of the molecule is O=C=Nc1c2c(cc3c1C(=O)CC3)CCC2. The molecule has 3 rings (SSSR count). The summed E-state index contributed by atoms with van der Waals surface area (Å²) in [5, 5.41) is 0. The second-order valence-electron chi connectivity index (χ2n) is 4.38. The summed E-state index contributed by atoms with van der Waals surface area (Å²) in [5.41, 5.74) is 4.73. The van der Waals surface area contributed by atoms with Gasteiger partial charge < -0.3 is 0 Å². The molecule has 3 heteroatoms. The van der Waals surface area contributed by atoms with Crippen molar-refractivity contribution in [2.45, 2.75) is 32.1 Å². The number of hydrogen-bond donors (Lipinski definition) is 0. The molecule has 0 heterocycles. The van der Waals surface area contributed by atoms with E-state index in [4.69, 9.17) is 0 Å². The standard InChI is InChI=1S/C13H11NO2/c15-7-14-13-10-3-1-2-8(10)6-9-4-5-11(16)12(9)13/h6H,1-5H2. The zero-order valence-electron chi connectivity index (χ0n) is 8.88. The molecule has 0 aliphatic heterocycles. The van der Waals surface area contributed by atoms with Gasteiger partial charge in [-0.05, 0) is 42.4 Å². The summed E-state index contributed by atoms with van der Waals surface area (Å²) in [6.45, 7) is 0. The van der Waals surface area contributed by atoms with Crippen molar-refractivity contribution in [1.82, 2.24) is 0 Å². The van der Waals surface area contributed by atoms with Crippen molar-refractivity contribution in [3.63, 3.8) is 0 Å². The zero-order chi connectivity index (χ0) is 11.1. The molecule has 80 valence electrons. The van der Waals surface area contributed by atoms with E-state index in [0.717, 1.165) is 36.8 Å². The maximum Gasteiger partial charge on any atom is 0.240 e. The molecule has 0 saturated heterocycles. The Hall–Kier alpha value is -1.73. The van der Waals surface area contributed by atoms with Crippen molar-refractivity contribution in [3.05, 3.63) is 28.3 Å². The summed E-state index contributed by atoms with van der Waals surface area (Å²) in [4.78, 5) is 26.0. The first kappa shape index (κ1) is 9.49. The van der Waals surface area contributed by atoms with Crippen LogP contribution >= 0.6 is 0 Å². The minimum atomic E-state index is 0.124. The van der Waals surface area contributed by atoms with Gasteiger partial charge in [0.25, 0.3) is 0 Å². The molecule has 1 aromatic carbocycles. The van der Waals surface area contributed by atoms with E-state index in [1.165, 1.54) is 5.56 Å². The summed E-state index contributed by atoms with van der Waals surface area (Å²) < 4.78 is 0. The summed E-state index contributed by atoms with van der Waals surface area (Å²) in [6, 6.07) is 2.13. The highest BCUT2D eigenvalue weighted by Gasteiger charge is 2.28. The third kappa shape index (κ3) is 1.18. The van der Waals surface area contributed by atoms with Gasteiger partial charge in [0.1, 0.15) is 0 Å². The number of ketones is 1. The zero-order valence-corrected chi connectivity index (χ0v) is 8.88. The van der Waals surface area contributed by atoms with E-state index in [2.05, 4.69) is 11.1 Å². The van der Waals surface area contributed by atoms with Crippen molar-refractivity contribution in [3.8, 4) is 0 Å². The molecular weight excluding hydrogens is 202 g/mol. The molecule has 1 aromatic rings. The molecule has 2 aliphatic rings. The number of nitrogens with zero attached hydrogens (tertiary/aromatic N) is 1. The highest BCUT2D eigenvalue weighted by molar-refractivity contribution is 6.05. The Balaban J connectivity index is 2.34. The van der Waals surface area contributed by atoms with Crippen LogP contribution in [0.4, 0.5) is 5.69 Å². The Morgan fingerprint density at radius 2 is 2.00 bits per heavy atom. The van der Waals surface area contributed by atoms with Gasteiger partial charge >= 0.3 is 0 Å². The maximum absolute atomic E-state index is 11.8. The van der Waals surface area contributed by atoms with Crippen molar-refractivity contribution in [1.29, 1.82) is 0 Å². The summed E-state index contributed by atoms with van der Waals surface area (Å²) in [7, 11) is 0. The molecule has 2 aliphatic carbocycles. The first-order valence-corrected chi connectivity index (χ1v) is 5.60. The van der Waals surface area contributed by atoms with E-state index in [1.807, 2.05) is 0 Å². The molecule has 0 N–H and O–H groups in total. The number of isocyanates is 1. The summed E-state index contributed by atoms with van der Waals surface area (Å²) >= 11 is 0. The molecule has 0 fully saturated rings. The number of benzene rings is 1. The highest BCUT2D eigenvalue weighted by Crippen LogP contribution is 2.39. The van der Waals surface area contributed by atoms with Gasteiger partial charge in [0.15, 0.2) is 5.78 Å². The molecule has 0 atom stereocenters. The van der Waals surface area contributed by atoms with Crippen molar-refractivity contribution >= 4 is 17.6 Å². The van der Waals surface area contributed by atoms with Gasteiger partial charge in [-0.1, -0.05) is 6.07 Å². The van der Waals surface area contributed by atoms with Crippen LogP contribution in [0.3, 0.4) is 0 Å². The Bertz CT molecular complexity index is 539. The molecule has 0 saturated carbocycles. The number of carbonyl (C=O) groups excluding carboxylic acids is 2. The molecule has 3 nitrogen and oxygen atoms in total. The fourth-order valence-corrected chi connectivity index (χ4v) is 2.83. The van der Waals surface area contributed by atoms with Gasteiger partial charge in [-0.15, -0.1) is 0 Å². The lowest BCUT2D eigenvalue weighted by Gasteiger charge is -2.08. The fraction of sp³-hybridized carbons (Fsp3) is 0.385. The summed E-state index contributed by atoms with van der Waals surface area (Å²) in [5.74, 6) is 0.124. The number of aryl methyl sites for hydroxylation is 2. The smallest absolute Gasteiger partial charge is 0.240 e. The monoisotopic (exact) mass is 213 g/mol. The average Bonchev–Trinajstić information content (AvgIpc) is 2.86. The van der Waals surface area contributed by atoms with Crippen molar-refractivity contribution in [2.24, 2.45) is 4.99 Å². The molecular formula is C13H11NO2. The first-order valence-electron chi connectivity index (χ1n) is 5.60. The van der Waals surface area contributed by atoms with E-state index in [-0.39, 0.29) is 5.78 Å². The normalized spacial score (nSPS) is 16.9. The van der Waals surface area contributed by atoms with Gasteiger partial charge in [0.2, 0.25) is 6.08 Å². The molecule has 0 radical (unpaired) electrons. The van der Waals surface area contributed by atoms with E-state index in [1.54, 1.807) is 6.08 Å². The van der Waals surface area contributed by atoms with Crippen LogP contribution < -0.4 is 0 Å². The van der Waals surface area contributed by atoms with E-state index in [9.17, 15) is 9.59 Å². The Morgan fingerprint density at radius 3 is 2.81 bits per heavy atom. The number of Topliss-reactive ketones (excluding diaryl/α,β-unsaturated/α-hetero) is 1. The average molecular weight is 213 g/mol. The largest absolute Gasteiger partial charge is 0.294 e. The third-order valence-corrected chi connectivity index (χ3v) is 3.51. The Kier molecular flexibility index (Phi) is 2.01. The number of hydrogen-bond acceptors (Lipinski definition) is 3. The number of fused-ring (bicyclic) bond motifs is 2. The molecule has 0 aromatic heterocycles. The topological polar surface area (TPSA) is 46.5 Å². The van der Waals surface area contributed by atoms with Crippen LogP contribution in [0.1, 0.15) is 39.9 Å². The minimum absolute atomic E-state index is 0.124. The van der Waals surface area contributed by atoms with Crippen molar-refractivity contribution < 1.29 is 9.59 Å². The van der Waals surface area contributed by atoms with Crippen LogP contribution in [0, 0.1) is 0 Å². The lowest BCUT2D eigenvalue weighted by molar-refractivity contribution is 0.0995. The fourth-order valence-electron chi connectivity index (χ4n) is 2.83. The number of rotatable bonds is 1. The third-order valence-electron chi connectivity index (χ3n) is 3.51. The van der Waals surface area contributed by atoms with Crippen LogP contribution in [0.25, 0.3) is 0 Å². The first-order chi connectivity index (χ1) is 7.81. The van der Waals surface area contributed by atoms with Crippen LogP contribution in [0.5, 0.6) is 0 Å². The Morgan fingerprint density at radius 1 is 1.12 bits per heavy atom. The van der Waals surface area contributed by atoms with Crippen LogP contribution in [-0.2, 0) is 24.1 Å². The van der Waals surface area contributed by atoms with Gasteiger partial charge in [0, 0.05) is 12.0 Å². The molecule has 16 heavy (non-hydrogen) atoms. The number of aliphatic imine (C=N–C) groups is 1. The Labute approximate surface area is 93.2 Å². The predicted molar refractivity (Wildman–Crippen MR) is 58.9 cm³/mol.